The van der Waals surface area contributed by atoms with Crippen molar-refractivity contribution in [2.24, 2.45) is 0 Å². The quantitative estimate of drug-likeness (QED) is 0.675. The summed E-state index contributed by atoms with van der Waals surface area (Å²) in [5.74, 6) is -0.643. The van der Waals surface area contributed by atoms with Crippen LogP contribution in [-0.2, 0) is 9.59 Å². The number of β-amino-alcohol motifs (C(OH)–C–C–N with tert-alkyl or cyclic N) is 1. The zero-order valence-corrected chi connectivity index (χ0v) is 19.0. The number of hydrogen-bond acceptors (Lipinski definition) is 6. The molecular weight excluding hydrogens is 428 g/mol. The van der Waals surface area contributed by atoms with Crippen LogP contribution in [0, 0.1) is 0 Å². The van der Waals surface area contributed by atoms with Gasteiger partial charge >= 0.3 is 0 Å². The lowest BCUT2D eigenvalue weighted by Crippen LogP contribution is -2.48. The predicted octanol–water partition coefficient (Wildman–Crippen LogP) is 2.30. The van der Waals surface area contributed by atoms with E-state index < -0.39 is 0 Å². The van der Waals surface area contributed by atoms with Gasteiger partial charge in [-0.25, -0.2) is 4.90 Å². The molecule has 1 saturated heterocycles. The average Bonchev–Trinajstić information content (AvgIpc) is 3.05. The monoisotopic (exact) mass is 454 g/mol. The molecule has 0 saturated carbocycles. The first-order chi connectivity index (χ1) is 15.4. The lowest BCUT2D eigenvalue weighted by atomic mass is 10.0. The first kappa shape index (κ1) is 22.3. The number of rotatable bonds is 6. The van der Waals surface area contributed by atoms with Crippen molar-refractivity contribution in [3.05, 3.63) is 64.8 Å². The summed E-state index contributed by atoms with van der Waals surface area (Å²) >= 11 is 6.06. The van der Waals surface area contributed by atoms with Crippen LogP contribution in [0.15, 0.2) is 54.2 Å². The van der Waals surface area contributed by atoms with Crippen LogP contribution < -0.4 is 9.80 Å². The number of piperazine rings is 1. The van der Waals surface area contributed by atoms with Gasteiger partial charge in [0.25, 0.3) is 11.8 Å². The minimum atomic E-state index is -0.331. The third-order valence-electron chi connectivity index (χ3n) is 5.92. The van der Waals surface area contributed by atoms with E-state index in [1.54, 1.807) is 36.4 Å². The zero-order valence-electron chi connectivity index (χ0n) is 18.3. The molecule has 1 N–H and O–H groups in total. The number of amides is 2. The summed E-state index contributed by atoms with van der Waals surface area (Å²) in [6, 6.07) is 14.4. The van der Waals surface area contributed by atoms with Gasteiger partial charge in [-0.05, 0) is 42.0 Å². The summed E-state index contributed by atoms with van der Waals surface area (Å²) in [7, 11) is 3.88. The van der Waals surface area contributed by atoms with E-state index in [2.05, 4.69) is 4.90 Å². The third kappa shape index (κ3) is 4.24. The summed E-state index contributed by atoms with van der Waals surface area (Å²) in [4.78, 5) is 34.6. The molecule has 4 rings (SSSR count). The van der Waals surface area contributed by atoms with Gasteiger partial charge in [-0.15, -0.1) is 0 Å². The predicted molar refractivity (Wildman–Crippen MR) is 127 cm³/mol. The fourth-order valence-corrected chi connectivity index (χ4v) is 4.29. The summed E-state index contributed by atoms with van der Waals surface area (Å²) in [6.07, 6.45) is 0. The average molecular weight is 455 g/mol. The van der Waals surface area contributed by atoms with Crippen LogP contribution in [-0.4, -0.2) is 80.1 Å². The van der Waals surface area contributed by atoms with Crippen molar-refractivity contribution in [3.8, 4) is 0 Å². The number of carbonyl (C=O) groups excluding carboxylic acids is 2. The Morgan fingerprint density at radius 2 is 1.53 bits per heavy atom. The van der Waals surface area contributed by atoms with E-state index in [1.807, 2.05) is 36.0 Å². The molecule has 0 atom stereocenters. The van der Waals surface area contributed by atoms with Gasteiger partial charge in [-0.2, -0.15) is 0 Å². The van der Waals surface area contributed by atoms with Crippen LogP contribution in [0.5, 0.6) is 0 Å². The molecule has 2 aliphatic rings. The summed E-state index contributed by atoms with van der Waals surface area (Å²) in [5, 5.41) is 9.79. The molecule has 0 aromatic heterocycles. The van der Waals surface area contributed by atoms with Crippen LogP contribution in [0.1, 0.15) is 5.56 Å². The van der Waals surface area contributed by atoms with Crippen LogP contribution in [0.25, 0.3) is 5.57 Å². The molecule has 0 bridgehead atoms. The number of benzene rings is 2. The minimum Gasteiger partial charge on any atom is -0.395 e. The Morgan fingerprint density at radius 1 is 0.906 bits per heavy atom. The molecule has 7 nitrogen and oxygen atoms in total. The minimum absolute atomic E-state index is 0.104. The van der Waals surface area contributed by atoms with E-state index in [9.17, 15) is 14.7 Å². The highest BCUT2D eigenvalue weighted by Crippen LogP contribution is 2.36. The standard InChI is InChI=1S/C24H27ClN4O3/c1-26(2)19-7-9-20(10-8-19)29-23(31)21(17-3-5-18(25)6-4-17)22(24(29)32)28-13-11-27(12-14-28)15-16-30/h3-10,30H,11-16H2,1-2H3. The number of hydrogen-bond donors (Lipinski definition) is 1. The van der Waals surface area contributed by atoms with Gasteiger partial charge in [-0.1, -0.05) is 23.7 Å². The smallest absolute Gasteiger partial charge is 0.282 e. The topological polar surface area (TPSA) is 67.3 Å². The Bertz CT molecular complexity index is 1030. The number of halogens is 1. The van der Waals surface area contributed by atoms with Crippen molar-refractivity contribution in [1.29, 1.82) is 0 Å². The molecule has 0 aliphatic carbocycles. The van der Waals surface area contributed by atoms with E-state index in [0.717, 1.165) is 18.8 Å². The SMILES string of the molecule is CN(C)c1ccc(N2C(=O)C(c3ccc(Cl)cc3)=C(N3CCN(CCO)CC3)C2=O)cc1. The van der Waals surface area contributed by atoms with Gasteiger partial charge in [0.15, 0.2) is 0 Å². The largest absolute Gasteiger partial charge is 0.395 e. The molecule has 2 heterocycles. The second-order valence-corrected chi connectivity index (χ2v) is 8.58. The second-order valence-electron chi connectivity index (χ2n) is 8.14. The van der Waals surface area contributed by atoms with Gasteiger partial charge in [-0.3, -0.25) is 14.5 Å². The lowest BCUT2D eigenvalue weighted by Gasteiger charge is -2.36. The number of aliphatic hydroxyl groups is 1. The molecule has 168 valence electrons. The Balaban J connectivity index is 1.71. The highest BCUT2D eigenvalue weighted by molar-refractivity contribution is 6.45. The van der Waals surface area contributed by atoms with Crippen LogP contribution in [0.4, 0.5) is 11.4 Å². The highest BCUT2D eigenvalue weighted by atomic mass is 35.5. The van der Waals surface area contributed by atoms with E-state index in [-0.39, 0.29) is 18.4 Å². The van der Waals surface area contributed by atoms with E-state index in [4.69, 9.17) is 11.6 Å². The molecule has 8 heteroatoms. The summed E-state index contributed by atoms with van der Waals surface area (Å²) in [5.41, 5.74) is 3.04. The molecule has 2 amide bonds. The Labute approximate surface area is 193 Å². The van der Waals surface area contributed by atoms with Crippen molar-refractivity contribution in [1.82, 2.24) is 9.80 Å². The van der Waals surface area contributed by atoms with Gasteiger partial charge in [0, 0.05) is 57.5 Å². The fourth-order valence-electron chi connectivity index (χ4n) is 4.16. The van der Waals surface area contributed by atoms with E-state index in [0.29, 0.717) is 47.2 Å². The molecular formula is C24H27ClN4O3. The molecule has 32 heavy (non-hydrogen) atoms. The lowest BCUT2D eigenvalue weighted by molar-refractivity contribution is -0.120. The van der Waals surface area contributed by atoms with Crippen molar-refractivity contribution in [3.63, 3.8) is 0 Å². The Kier molecular flexibility index (Phi) is 6.50. The zero-order chi connectivity index (χ0) is 22.8. The molecule has 2 aromatic carbocycles. The second kappa shape index (κ2) is 9.32. The molecule has 0 spiro atoms. The van der Waals surface area contributed by atoms with Crippen molar-refractivity contribution in [2.75, 3.05) is 63.2 Å². The highest BCUT2D eigenvalue weighted by Gasteiger charge is 2.43. The number of imide groups is 1. The Morgan fingerprint density at radius 3 is 2.09 bits per heavy atom. The third-order valence-corrected chi connectivity index (χ3v) is 6.17. The van der Waals surface area contributed by atoms with Crippen molar-refractivity contribution >= 4 is 40.4 Å². The summed E-state index contributed by atoms with van der Waals surface area (Å²) < 4.78 is 0. The van der Waals surface area contributed by atoms with Crippen molar-refractivity contribution < 1.29 is 14.7 Å². The first-order valence-corrected chi connectivity index (χ1v) is 11.0. The van der Waals surface area contributed by atoms with Crippen LogP contribution in [0.3, 0.4) is 0 Å². The maximum Gasteiger partial charge on any atom is 0.282 e. The van der Waals surface area contributed by atoms with E-state index in [1.165, 1.54) is 4.90 Å². The molecule has 1 fully saturated rings. The number of nitrogens with zero attached hydrogens (tertiary/aromatic N) is 4. The van der Waals surface area contributed by atoms with E-state index >= 15 is 0 Å². The maximum atomic E-state index is 13.6. The normalized spacial score (nSPS) is 17.5. The van der Waals surface area contributed by atoms with Crippen molar-refractivity contribution in [2.45, 2.75) is 0 Å². The summed E-state index contributed by atoms with van der Waals surface area (Å²) in [6.45, 7) is 3.37. The number of carbonyl (C=O) groups is 2. The van der Waals surface area contributed by atoms with Gasteiger partial charge in [0.2, 0.25) is 0 Å². The molecule has 0 unspecified atom stereocenters. The maximum absolute atomic E-state index is 13.6. The molecule has 2 aromatic rings. The number of anilines is 2. The van der Waals surface area contributed by atoms with Crippen LogP contribution in [0.2, 0.25) is 5.02 Å². The van der Waals surface area contributed by atoms with Gasteiger partial charge in [0.1, 0.15) is 5.70 Å². The first-order valence-electron chi connectivity index (χ1n) is 10.6. The molecule has 2 aliphatic heterocycles. The molecule has 0 radical (unpaired) electrons. The Hall–Kier alpha value is -2.87. The van der Waals surface area contributed by atoms with Crippen LogP contribution >= 0.6 is 11.6 Å². The van der Waals surface area contributed by atoms with Gasteiger partial charge in [0.05, 0.1) is 17.9 Å². The fraction of sp³-hybridized carbons (Fsp3) is 0.333. The van der Waals surface area contributed by atoms with Gasteiger partial charge < -0.3 is 14.9 Å². The number of aliphatic hydroxyl groups excluding tert-OH is 1.